The molecular weight excluding hydrogens is 346 g/mol. The molecule has 0 aliphatic heterocycles. The SMILES string of the molecule is F[B-](F)(F)F.F[B-](F)(F)F.[C]=O.[C]=O.[Fe+2][C]1=CC=CC1. The zero-order chi connectivity index (χ0) is 17.4. The molecule has 1 aliphatic carbocycles. The van der Waals surface area contributed by atoms with E-state index in [0.29, 0.717) is 0 Å². The second-order valence-corrected chi connectivity index (χ2v) is 2.93. The minimum absolute atomic E-state index is 1.06. The van der Waals surface area contributed by atoms with Gasteiger partial charge in [-0.05, 0) is 0 Å². The Labute approximate surface area is 118 Å². The van der Waals surface area contributed by atoms with Crippen LogP contribution in [-0.2, 0) is 25.6 Å². The van der Waals surface area contributed by atoms with Crippen LogP contribution in [0, 0.1) is 0 Å². The van der Waals surface area contributed by atoms with Crippen molar-refractivity contribution < 1.29 is 60.1 Å². The Hall–Kier alpha value is -1.09. The van der Waals surface area contributed by atoms with Crippen LogP contribution < -0.4 is 0 Å². The zero-order valence-electron chi connectivity index (χ0n) is 9.29. The molecule has 4 radical (unpaired) electrons. The molecule has 0 saturated heterocycles. The zero-order valence-corrected chi connectivity index (χ0v) is 10.4. The van der Waals surface area contributed by atoms with E-state index in [4.69, 9.17) is 9.59 Å². The van der Waals surface area contributed by atoms with Crippen molar-refractivity contribution in [2.45, 2.75) is 6.42 Å². The van der Waals surface area contributed by atoms with Crippen molar-refractivity contribution in [3.05, 3.63) is 22.7 Å². The van der Waals surface area contributed by atoms with E-state index in [1.807, 2.05) is 12.2 Å². The number of carbonyl (C=O) groups excluding carboxylic acids is 2. The van der Waals surface area contributed by atoms with Gasteiger partial charge in [0.25, 0.3) is 13.6 Å². The Bertz CT molecular complexity index is 253. The summed E-state index contributed by atoms with van der Waals surface area (Å²) in [6, 6.07) is 0. The van der Waals surface area contributed by atoms with Crippen LogP contribution in [-0.4, -0.2) is 28.1 Å². The summed E-state index contributed by atoms with van der Waals surface area (Å²) < 4.78 is 79.2. The monoisotopic (exact) mass is 351 g/mol. The number of allylic oxidation sites excluding steroid dienone is 4. The van der Waals surface area contributed by atoms with E-state index in [-0.39, 0.29) is 0 Å². The van der Waals surface area contributed by atoms with Gasteiger partial charge in [-0.2, -0.15) is 0 Å². The second kappa shape index (κ2) is 16.0. The van der Waals surface area contributed by atoms with Crippen molar-refractivity contribution in [1.29, 1.82) is 0 Å². The fourth-order valence-electron chi connectivity index (χ4n) is 0.416. The van der Waals surface area contributed by atoms with Gasteiger partial charge >= 0.3 is 59.6 Å². The Kier molecular flexibility index (Phi) is 21.8. The van der Waals surface area contributed by atoms with Crippen LogP contribution in [0.4, 0.5) is 34.5 Å². The molecule has 0 fully saturated rings. The third-order valence-corrected chi connectivity index (χ3v) is 1.13. The summed E-state index contributed by atoms with van der Waals surface area (Å²) in [7, 11) is -12.0. The molecule has 115 valence electrons. The Balaban J connectivity index is -0.0000000858. The molecule has 0 unspecified atom stereocenters. The van der Waals surface area contributed by atoms with Crippen LogP contribution >= 0.6 is 0 Å². The van der Waals surface area contributed by atoms with Gasteiger partial charge in [-0.25, -0.2) is 0 Å². The molecule has 1 rings (SSSR count). The van der Waals surface area contributed by atoms with Crippen molar-refractivity contribution in [2.24, 2.45) is 0 Å². The van der Waals surface area contributed by atoms with Gasteiger partial charge in [0, 0.05) is 0 Å². The molecule has 2 nitrogen and oxygen atoms in total. The van der Waals surface area contributed by atoms with Crippen LogP contribution in [0.1, 0.15) is 6.42 Å². The van der Waals surface area contributed by atoms with Crippen molar-refractivity contribution in [1.82, 2.24) is 0 Å². The average molecular weight is 351 g/mol. The van der Waals surface area contributed by atoms with E-state index in [1.165, 1.54) is 4.47 Å². The van der Waals surface area contributed by atoms with Gasteiger partial charge in [0.05, 0.1) is 0 Å². The Morgan fingerprint density at radius 2 is 1.10 bits per heavy atom. The standard InChI is InChI=1S/C5H5.2CO.2BF4.Fe/c1-2-4-5-3-1;2*1-2;2*2-1(3,4)5;/h1-3H,4H2;;;;;/q;;;2*-1;+2. The number of hydrogen-bond donors (Lipinski definition) is 0. The summed E-state index contributed by atoms with van der Waals surface area (Å²) in [6.45, 7) is 9.00. The van der Waals surface area contributed by atoms with Gasteiger partial charge in [0.15, 0.2) is 0 Å². The minimum atomic E-state index is -6.00. The molecule has 0 bridgehead atoms. The van der Waals surface area contributed by atoms with Crippen molar-refractivity contribution in [3.8, 4) is 0 Å². The molecule has 20 heavy (non-hydrogen) atoms. The topological polar surface area (TPSA) is 34.1 Å². The van der Waals surface area contributed by atoms with Crippen LogP contribution in [0.2, 0.25) is 0 Å². The predicted octanol–water partition coefficient (Wildman–Crippen LogP) is 3.18. The predicted molar refractivity (Wildman–Crippen MR) is 53.6 cm³/mol. The maximum absolute atomic E-state index is 9.75. The molecule has 0 spiro atoms. The summed E-state index contributed by atoms with van der Waals surface area (Å²) in [5, 5.41) is 0. The third-order valence-electron chi connectivity index (χ3n) is 0.717. The van der Waals surface area contributed by atoms with Gasteiger partial charge in [-0.1, -0.05) is 0 Å². The first-order valence-electron chi connectivity index (χ1n) is 4.05. The fraction of sp³-hybridized carbons (Fsp3) is 0.143. The van der Waals surface area contributed by atoms with Crippen LogP contribution in [0.5, 0.6) is 0 Å². The van der Waals surface area contributed by atoms with Gasteiger partial charge in [-0.15, -0.1) is 0 Å². The van der Waals surface area contributed by atoms with Crippen LogP contribution in [0.25, 0.3) is 0 Å². The Morgan fingerprint density at radius 3 is 1.15 bits per heavy atom. The van der Waals surface area contributed by atoms with E-state index in [1.54, 1.807) is 0 Å². The Morgan fingerprint density at radius 1 is 0.850 bits per heavy atom. The molecule has 0 N–H and O–H groups in total. The molecule has 13 heteroatoms. The molecule has 0 aromatic heterocycles. The van der Waals surface area contributed by atoms with E-state index < -0.39 is 14.5 Å². The third kappa shape index (κ3) is 123. The maximum atomic E-state index is 9.75. The molecule has 0 aromatic carbocycles. The van der Waals surface area contributed by atoms with E-state index >= 15 is 0 Å². The number of rotatable bonds is 0. The van der Waals surface area contributed by atoms with Gasteiger partial charge in [0.1, 0.15) is 0 Å². The van der Waals surface area contributed by atoms with Crippen molar-refractivity contribution in [3.63, 3.8) is 0 Å². The van der Waals surface area contributed by atoms with Crippen molar-refractivity contribution in [2.75, 3.05) is 0 Å². The van der Waals surface area contributed by atoms with Crippen LogP contribution in [0.15, 0.2) is 22.7 Å². The normalized spacial score (nSPS) is 11.9. The molecular formula is C7H5B2F8FeO2. The first-order valence-corrected chi connectivity index (χ1v) is 4.60. The van der Waals surface area contributed by atoms with Crippen molar-refractivity contribution >= 4 is 28.1 Å². The summed E-state index contributed by atoms with van der Waals surface area (Å²) in [5.41, 5.74) is 0. The first-order chi connectivity index (χ1) is 8.89. The summed E-state index contributed by atoms with van der Waals surface area (Å²) in [6.07, 6.45) is 7.21. The molecule has 0 aromatic rings. The number of hydrogen-bond acceptors (Lipinski definition) is 2. The van der Waals surface area contributed by atoms with Gasteiger partial charge in [-0.3, -0.25) is 9.59 Å². The number of halogens is 8. The molecule has 1 aliphatic rings. The average Bonchev–Trinajstić information content (AvgIpc) is 2.70. The van der Waals surface area contributed by atoms with Crippen LogP contribution in [0.3, 0.4) is 0 Å². The first kappa shape index (κ1) is 27.3. The molecule has 0 atom stereocenters. The molecule has 0 heterocycles. The molecule has 0 amide bonds. The summed E-state index contributed by atoms with van der Waals surface area (Å²) in [5.74, 6) is 0. The van der Waals surface area contributed by atoms with E-state index in [2.05, 4.69) is 35.7 Å². The van der Waals surface area contributed by atoms with E-state index in [9.17, 15) is 34.5 Å². The van der Waals surface area contributed by atoms with Gasteiger partial charge in [0.2, 0.25) is 0 Å². The fourth-order valence-corrected chi connectivity index (χ4v) is 0.652. The van der Waals surface area contributed by atoms with E-state index in [0.717, 1.165) is 6.42 Å². The van der Waals surface area contributed by atoms with Gasteiger partial charge < -0.3 is 34.5 Å². The summed E-state index contributed by atoms with van der Waals surface area (Å²) in [4.78, 5) is 15.0. The summed E-state index contributed by atoms with van der Waals surface area (Å²) >= 11 is 3.74. The quantitative estimate of drug-likeness (QED) is 0.497. The second-order valence-electron chi connectivity index (χ2n) is 2.22. The molecule has 0 saturated carbocycles.